The van der Waals surface area contributed by atoms with Gasteiger partial charge in [-0.15, -0.1) is 0 Å². The largest absolute Gasteiger partial charge is 0.466 e. The van der Waals surface area contributed by atoms with Crippen molar-refractivity contribution in [2.45, 2.75) is 26.8 Å². The predicted octanol–water partition coefficient (Wildman–Crippen LogP) is 2.81. The molecule has 2 rings (SSSR count). The molecule has 0 radical (unpaired) electrons. The summed E-state index contributed by atoms with van der Waals surface area (Å²) < 4.78 is 5.48. The lowest BCUT2D eigenvalue weighted by atomic mass is 10.1. The summed E-state index contributed by atoms with van der Waals surface area (Å²) in [6.45, 7) is 5.60. The number of nitrogens with one attached hydrogen (secondary N) is 2. The first kappa shape index (κ1) is 14.8. The number of anilines is 2. The molecule has 0 saturated carbocycles. The minimum atomic E-state index is -0.506. The van der Waals surface area contributed by atoms with Crippen LogP contribution in [0.25, 0.3) is 0 Å². The van der Waals surface area contributed by atoms with Crippen LogP contribution < -0.4 is 10.6 Å². The van der Waals surface area contributed by atoms with Crippen molar-refractivity contribution in [1.29, 1.82) is 0 Å². The summed E-state index contributed by atoms with van der Waals surface area (Å²) in [6.07, 6.45) is 1.28. The van der Waals surface area contributed by atoms with Gasteiger partial charge in [-0.25, -0.2) is 9.97 Å². The molecule has 8 heteroatoms. The third-order valence-corrected chi connectivity index (χ3v) is 3.14. The summed E-state index contributed by atoms with van der Waals surface area (Å²) in [5.74, 6) is 1.91. The smallest absolute Gasteiger partial charge is 0.353 e. The fourth-order valence-electron chi connectivity index (χ4n) is 2.20. The van der Waals surface area contributed by atoms with E-state index in [4.69, 9.17) is 4.42 Å². The summed E-state index contributed by atoms with van der Waals surface area (Å²) in [7, 11) is 1.58. The molecule has 0 aromatic carbocycles. The van der Waals surface area contributed by atoms with Crippen molar-refractivity contribution >= 4 is 17.3 Å². The maximum absolute atomic E-state index is 11.2. The number of aryl methyl sites for hydroxylation is 2. The highest BCUT2D eigenvalue weighted by Gasteiger charge is 2.24. The topological polar surface area (TPSA) is 106 Å². The van der Waals surface area contributed by atoms with Gasteiger partial charge in [0.1, 0.15) is 17.8 Å². The number of furan rings is 1. The first-order valence-electron chi connectivity index (χ1n) is 6.44. The van der Waals surface area contributed by atoms with Gasteiger partial charge in [0.25, 0.3) is 0 Å². The Labute approximate surface area is 121 Å². The van der Waals surface area contributed by atoms with E-state index in [1.54, 1.807) is 7.05 Å². The van der Waals surface area contributed by atoms with Gasteiger partial charge in [0, 0.05) is 12.6 Å². The van der Waals surface area contributed by atoms with Crippen LogP contribution in [0.1, 0.15) is 30.0 Å². The van der Waals surface area contributed by atoms with Crippen LogP contribution in [0, 0.1) is 24.0 Å². The van der Waals surface area contributed by atoms with Crippen molar-refractivity contribution in [2.24, 2.45) is 0 Å². The van der Waals surface area contributed by atoms with E-state index in [1.807, 2.05) is 26.8 Å². The van der Waals surface area contributed by atoms with Gasteiger partial charge in [-0.05, 0) is 26.8 Å². The maximum Gasteiger partial charge on any atom is 0.353 e. The van der Waals surface area contributed by atoms with Gasteiger partial charge in [-0.3, -0.25) is 10.1 Å². The number of nitrogens with zero attached hydrogens (tertiary/aromatic N) is 3. The summed E-state index contributed by atoms with van der Waals surface area (Å²) in [6, 6.07) is 1.72. The highest BCUT2D eigenvalue weighted by molar-refractivity contribution is 5.69. The Morgan fingerprint density at radius 3 is 2.52 bits per heavy atom. The lowest BCUT2D eigenvalue weighted by Gasteiger charge is -2.14. The van der Waals surface area contributed by atoms with Crippen LogP contribution in [0.4, 0.5) is 17.3 Å². The Kier molecular flexibility index (Phi) is 4.06. The van der Waals surface area contributed by atoms with E-state index >= 15 is 0 Å². The zero-order chi connectivity index (χ0) is 15.6. The minimum Gasteiger partial charge on any atom is -0.466 e. The zero-order valence-corrected chi connectivity index (χ0v) is 12.3. The molecule has 0 amide bonds. The standard InChI is InChI=1S/C13H17N5O3/c1-7-5-10(9(3)21-7)8(2)17-13-11(18(19)20)12(14-4)15-6-16-13/h5-6,8H,1-4H3,(H2,14,15,16,17). The molecule has 0 spiro atoms. The number of hydrogen-bond donors (Lipinski definition) is 2. The summed E-state index contributed by atoms with van der Waals surface area (Å²) in [5, 5.41) is 17.0. The average molecular weight is 291 g/mol. The van der Waals surface area contributed by atoms with Crippen LogP contribution in [0.2, 0.25) is 0 Å². The van der Waals surface area contributed by atoms with Crippen LogP contribution in [0.15, 0.2) is 16.8 Å². The van der Waals surface area contributed by atoms with Crippen molar-refractivity contribution in [1.82, 2.24) is 9.97 Å². The molecule has 21 heavy (non-hydrogen) atoms. The summed E-state index contributed by atoms with van der Waals surface area (Å²) in [4.78, 5) is 18.5. The number of rotatable bonds is 5. The van der Waals surface area contributed by atoms with Crippen LogP contribution in [0.5, 0.6) is 0 Å². The number of hydrogen-bond acceptors (Lipinski definition) is 7. The van der Waals surface area contributed by atoms with E-state index < -0.39 is 4.92 Å². The first-order valence-corrected chi connectivity index (χ1v) is 6.44. The van der Waals surface area contributed by atoms with Crippen LogP contribution >= 0.6 is 0 Å². The third-order valence-electron chi connectivity index (χ3n) is 3.14. The van der Waals surface area contributed by atoms with Crippen LogP contribution in [-0.4, -0.2) is 21.9 Å². The van der Waals surface area contributed by atoms with E-state index in [9.17, 15) is 10.1 Å². The Morgan fingerprint density at radius 1 is 1.33 bits per heavy atom. The normalized spacial score (nSPS) is 12.0. The molecular formula is C13H17N5O3. The lowest BCUT2D eigenvalue weighted by molar-refractivity contribution is -0.383. The van der Waals surface area contributed by atoms with Gasteiger partial charge in [0.05, 0.1) is 11.0 Å². The number of aromatic nitrogens is 2. The second-order valence-electron chi connectivity index (χ2n) is 4.66. The summed E-state index contributed by atoms with van der Waals surface area (Å²) in [5.41, 5.74) is 0.760. The lowest BCUT2D eigenvalue weighted by Crippen LogP contribution is -2.12. The van der Waals surface area contributed by atoms with Gasteiger partial charge < -0.3 is 15.1 Å². The van der Waals surface area contributed by atoms with Crippen molar-refractivity contribution < 1.29 is 9.34 Å². The molecule has 2 aromatic heterocycles. The van der Waals surface area contributed by atoms with Crippen molar-refractivity contribution in [3.63, 3.8) is 0 Å². The molecule has 0 fully saturated rings. The molecule has 0 aliphatic carbocycles. The zero-order valence-electron chi connectivity index (χ0n) is 12.3. The minimum absolute atomic E-state index is 0.171. The highest BCUT2D eigenvalue weighted by atomic mass is 16.6. The molecular weight excluding hydrogens is 274 g/mol. The van der Waals surface area contributed by atoms with Gasteiger partial charge in [0.2, 0.25) is 11.6 Å². The maximum atomic E-state index is 11.2. The SMILES string of the molecule is CNc1ncnc(NC(C)c2cc(C)oc2C)c1[N+](=O)[O-]. The predicted molar refractivity (Wildman–Crippen MR) is 78.5 cm³/mol. The fourth-order valence-corrected chi connectivity index (χ4v) is 2.20. The van der Waals surface area contributed by atoms with E-state index in [2.05, 4.69) is 20.6 Å². The van der Waals surface area contributed by atoms with E-state index in [0.29, 0.717) is 0 Å². The van der Waals surface area contributed by atoms with Gasteiger partial charge in [-0.2, -0.15) is 0 Å². The second kappa shape index (κ2) is 5.78. The van der Waals surface area contributed by atoms with E-state index in [1.165, 1.54) is 6.33 Å². The molecule has 2 heterocycles. The Bertz CT molecular complexity index is 668. The second-order valence-corrected chi connectivity index (χ2v) is 4.66. The molecule has 2 aromatic rings. The Morgan fingerprint density at radius 2 is 2.00 bits per heavy atom. The highest BCUT2D eigenvalue weighted by Crippen LogP contribution is 2.32. The third kappa shape index (κ3) is 2.93. The molecule has 112 valence electrons. The summed E-state index contributed by atoms with van der Waals surface area (Å²) >= 11 is 0. The molecule has 1 unspecified atom stereocenters. The number of nitro groups is 1. The fraction of sp³-hybridized carbons (Fsp3) is 0.385. The van der Waals surface area contributed by atoms with Crippen molar-refractivity contribution in [2.75, 3.05) is 17.7 Å². The van der Waals surface area contributed by atoms with Gasteiger partial charge in [0.15, 0.2) is 0 Å². The van der Waals surface area contributed by atoms with Crippen LogP contribution in [0.3, 0.4) is 0 Å². The quantitative estimate of drug-likeness (QED) is 0.644. The molecule has 0 saturated heterocycles. The van der Waals surface area contributed by atoms with Gasteiger partial charge >= 0.3 is 5.69 Å². The van der Waals surface area contributed by atoms with E-state index in [0.717, 1.165) is 17.1 Å². The monoisotopic (exact) mass is 291 g/mol. The molecule has 0 bridgehead atoms. The molecule has 1 atom stereocenters. The van der Waals surface area contributed by atoms with Crippen molar-refractivity contribution in [3.8, 4) is 0 Å². The Hall–Kier alpha value is -2.64. The Balaban J connectivity index is 2.35. The first-order chi connectivity index (χ1) is 9.93. The average Bonchev–Trinajstić information content (AvgIpc) is 2.77. The van der Waals surface area contributed by atoms with Crippen LogP contribution in [-0.2, 0) is 0 Å². The van der Waals surface area contributed by atoms with Gasteiger partial charge in [-0.1, -0.05) is 0 Å². The molecule has 0 aliphatic heterocycles. The molecule has 2 N–H and O–H groups in total. The molecule has 0 aliphatic rings. The molecule has 8 nitrogen and oxygen atoms in total. The van der Waals surface area contributed by atoms with Crippen molar-refractivity contribution in [3.05, 3.63) is 39.6 Å². The van der Waals surface area contributed by atoms with E-state index in [-0.39, 0.29) is 23.4 Å².